The number of nitrogens with one attached hydrogen (secondary N) is 1. The van der Waals surface area contributed by atoms with Crippen LogP contribution in [0.25, 0.3) is 22.6 Å². The molecule has 0 aliphatic carbocycles. The molecule has 4 heterocycles. The number of anilines is 1. The number of ether oxygens (including phenoxy) is 1. The molecule has 9 nitrogen and oxygen atoms in total. The summed E-state index contributed by atoms with van der Waals surface area (Å²) in [4.78, 5) is 30.3. The van der Waals surface area contributed by atoms with E-state index < -0.39 is 5.76 Å². The Kier molecular flexibility index (Phi) is 4.29. The molecule has 29 heavy (non-hydrogen) atoms. The van der Waals surface area contributed by atoms with E-state index in [2.05, 4.69) is 15.5 Å². The van der Waals surface area contributed by atoms with Gasteiger partial charge >= 0.3 is 5.76 Å². The van der Waals surface area contributed by atoms with Gasteiger partial charge in [-0.3, -0.25) is 9.36 Å². The van der Waals surface area contributed by atoms with Gasteiger partial charge in [0.05, 0.1) is 24.3 Å². The minimum Gasteiger partial charge on any atom is -0.408 e. The Hall–Kier alpha value is -3.24. The summed E-state index contributed by atoms with van der Waals surface area (Å²) in [7, 11) is 0. The number of carbonyl (C=O) groups excluding carboxylic acids is 1. The molecule has 4 aromatic rings. The first kappa shape index (κ1) is 17.8. The maximum Gasteiger partial charge on any atom is 0.420 e. The number of carbonyl (C=O) groups is 1. The van der Waals surface area contributed by atoms with Crippen LogP contribution in [-0.4, -0.2) is 27.2 Å². The van der Waals surface area contributed by atoms with Gasteiger partial charge in [-0.1, -0.05) is 17.3 Å². The number of nitrogens with zero attached hydrogens (tertiary/aromatic N) is 3. The summed E-state index contributed by atoms with van der Waals surface area (Å²) in [5, 5.41) is 7.37. The van der Waals surface area contributed by atoms with Crippen LogP contribution in [0, 0.1) is 6.92 Å². The normalized spacial score (nSPS) is 13.6. The molecule has 3 aromatic heterocycles. The zero-order chi connectivity index (χ0) is 20.0. The Bertz CT molecular complexity index is 1280. The van der Waals surface area contributed by atoms with E-state index in [0.717, 1.165) is 16.0 Å². The Morgan fingerprint density at radius 1 is 1.34 bits per heavy atom. The average Bonchev–Trinajstić information content (AvgIpc) is 3.37. The molecule has 1 aromatic carbocycles. The topological polar surface area (TPSA) is 112 Å². The molecule has 1 amide bonds. The Labute approximate surface area is 167 Å². The van der Waals surface area contributed by atoms with E-state index in [1.807, 2.05) is 0 Å². The zero-order valence-corrected chi connectivity index (χ0v) is 16.2. The zero-order valence-electron chi connectivity index (χ0n) is 15.4. The van der Waals surface area contributed by atoms with Crippen molar-refractivity contribution in [2.75, 3.05) is 11.9 Å². The highest BCUT2D eigenvalue weighted by Crippen LogP contribution is 2.42. The highest BCUT2D eigenvalue weighted by atomic mass is 32.1. The molecule has 148 valence electrons. The number of thiophene rings is 1. The maximum atomic E-state index is 12.8. The SMILES string of the molecule is Cc1noc(-c2c(NC(=O)Cn3c(=O)oc4ccccc43)sc3c2CCOC3)n1. The minimum absolute atomic E-state index is 0.169. The van der Waals surface area contributed by atoms with Gasteiger partial charge in [-0.05, 0) is 31.0 Å². The van der Waals surface area contributed by atoms with Crippen molar-refractivity contribution in [3.05, 3.63) is 51.1 Å². The molecule has 0 bridgehead atoms. The summed E-state index contributed by atoms with van der Waals surface area (Å²) in [6.07, 6.45) is 0.699. The summed E-state index contributed by atoms with van der Waals surface area (Å²) in [5.74, 6) is -0.0486. The number of rotatable bonds is 4. The van der Waals surface area contributed by atoms with Gasteiger partial charge in [-0.2, -0.15) is 4.98 Å². The van der Waals surface area contributed by atoms with Crippen LogP contribution in [0.15, 0.2) is 38.0 Å². The van der Waals surface area contributed by atoms with Crippen LogP contribution in [0.1, 0.15) is 16.3 Å². The van der Waals surface area contributed by atoms with Crippen LogP contribution in [0.5, 0.6) is 0 Å². The van der Waals surface area contributed by atoms with Gasteiger partial charge in [0.1, 0.15) is 11.5 Å². The molecule has 1 aliphatic rings. The number of fused-ring (bicyclic) bond motifs is 2. The van der Waals surface area contributed by atoms with Crippen molar-refractivity contribution in [2.24, 2.45) is 0 Å². The minimum atomic E-state index is -0.576. The number of benzene rings is 1. The van der Waals surface area contributed by atoms with Crippen LogP contribution in [0.2, 0.25) is 0 Å². The predicted octanol–water partition coefficient (Wildman–Crippen LogP) is 2.73. The third kappa shape index (κ3) is 3.15. The summed E-state index contributed by atoms with van der Waals surface area (Å²) in [5.41, 5.74) is 2.79. The second kappa shape index (κ2) is 6.98. The third-order valence-electron chi connectivity index (χ3n) is 4.69. The Balaban J connectivity index is 1.48. The van der Waals surface area contributed by atoms with Crippen molar-refractivity contribution in [1.82, 2.24) is 14.7 Å². The molecule has 0 spiro atoms. The van der Waals surface area contributed by atoms with Crippen LogP contribution in [0.3, 0.4) is 0 Å². The van der Waals surface area contributed by atoms with Crippen LogP contribution < -0.4 is 11.1 Å². The van der Waals surface area contributed by atoms with E-state index in [1.165, 1.54) is 15.9 Å². The fraction of sp³-hybridized carbons (Fsp3) is 0.263. The van der Waals surface area contributed by atoms with Crippen LogP contribution in [-0.2, 0) is 29.1 Å². The number of aryl methyl sites for hydroxylation is 1. The third-order valence-corrected chi connectivity index (χ3v) is 5.81. The summed E-state index contributed by atoms with van der Waals surface area (Å²) in [6.45, 7) is 2.64. The molecule has 10 heteroatoms. The summed E-state index contributed by atoms with van der Waals surface area (Å²) >= 11 is 1.42. The van der Waals surface area contributed by atoms with E-state index in [9.17, 15) is 9.59 Å². The number of hydrogen-bond donors (Lipinski definition) is 1. The lowest BCUT2D eigenvalue weighted by Gasteiger charge is -2.12. The molecule has 1 aliphatic heterocycles. The number of oxazole rings is 1. The molecular formula is C19H16N4O5S. The van der Waals surface area contributed by atoms with Crippen molar-refractivity contribution in [1.29, 1.82) is 0 Å². The molecular weight excluding hydrogens is 396 g/mol. The number of amides is 1. The smallest absolute Gasteiger partial charge is 0.408 e. The van der Waals surface area contributed by atoms with Crippen molar-refractivity contribution >= 4 is 33.3 Å². The Morgan fingerprint density at radius 2 is 2.21 bits per heavy atom. The molecule has 1 N–H and O–H groups in total. The number of hydrogen-bond acceptors (Lipinski definition) is 8. The fourth-order valence-electron chi connectivity index (χ4n) is 3.42. The highest BCUT2D eigenvalue weighted by Gasteiger charge is 2.27. The fourth-order valence-corrected chi connectivity index (χ4v) is 4.61. The van der Waals surface area contributed by atoms with E-state index in [0.29, 0.717) is 47.5 Å². The van der Waals surface area contributed by atoms with Gasteiger partial charge in [-0.25, -0.2) is 4.79 Å². The largest absolute Gasteiger partial charge is 0.420 e. The maximum absolute atomic E-state index is 12.8. The van der Waals surface area contributed by atoms with Gasteiger partial charge in [0, 0.05) is 4.88 Å². The van der Waals surface area contributed by atoms with Crippen molar-refractivity contribution < 1.29 is 18.5 Å². The second-order valence-corrected chi connectivity index (χ2v) is 7.73. The van der Waals surface area contributed by atoms with E-state index in [4.69, 9.17) is 13.7 Å². The quantitative estimate of drug-likeness (QED) is 0.548. The first-order valence-corrected chi connectivity index (χ1v) is 9.83. The van der Waals surface area contributed by atoms with Crippen molar-refractivity contribution in [2.45, 2.75) is 26.5 Å². The van der Waals surface area contributed by atoms with E-state index >= 15 is 0 Å². The van der Waals surface area contributed by atoms with E-state index in [-0.39, 0.29) is 12.5 Å². The van der Waals surface area contributed by atoms with Crippen LogP contribution in [0.4, 0.5) is 5.00 Å². The Morgan fingerprint density at radius 3 is 3.03 bits per heavy atom. The first-order valence-electron chi connectivity index (χ1n) is 9.01. The van der Waals surface area contributed by atoms with Crippen LogP contribution >= 0.6 is 11.3 Å². The number of aromatic nitrogens is 3. The summed E-state index contributed by atoms with van der Waals surface area (Å²) < 4.78 is 17.4. The van der Waals surface area contributed by atoms with Gasteiger partial charge < -0.3 is 19.0 Å². The van der Waals surface area contributed by atoms with Gasteiger partial charge in [0.25, 0.3) is 5.89 Å². The lowest BCUT2D eigenvalue weighted by molar-refractivity contribution is -0.116. The molecule has 0 radical (unpaired) electrons. The first-order chi connectivity index (χ1) is 14.1. The van der Waals surface area contributed by atoms with Gasteiger partial charge in [-0.15, -0.1) is 11.3 Å². The lowest BCUT2D eigenvalue weighted by atomic mass is 10.1. The number of para-hydroxylation sites is 2. The van der Waals surface area contributed by atoms with Gasteiger partial charge in [0.15, 0.2) is 11.4 Å². The summed E-state index contributed by atoms with van der Waals surface area (Å²) in [6, 6.07) is 6.98. The average molecular weight is 412 g/mol. The molecule has 0 saturated heterocycles. The molecule has 0 saturated carbocycles. The molecule has 5 rings (SSSR count). The van der Waals surface area contributed by atoms with Gasteiger partial charge in [0.2, 0.25) is 5.91 Å². The molecule has 0 fully saturated rings. The van der Waals surface area contributed by atoms with Crippen molar-refractivity contribution in [3.8, 4) is 11.5 Å². The predicted molar refractivity (Wildman–Crippen MR) is 105 cm³/mol. The molecule has 0 unspecified atom stereocenters. The monoisotopic (exact) mass is 412 g/mol. The van der Waals surface area contributed by atoms with Crippen molar-refractivity contribution in [3.63, 3.8) is 0 Å². The second-order valence-electron chi connectivity index (χ2n) is 6.63. The van der Waals surface area contributed by atoms with E-state index in [1.54, 1.807) is 31.2 Å². The standard InChI is InChI=1S/C19H16N4O5S/c1-10-20-17(28-22-10)16-11-6-7-26-9-14(11)29-18(16)21-15(24)8-23-12-4-2-3-5-13(12)27-19(23)25/h2-5H,6-9H2,1H3,(H,21,24). The highest BCUT2D eigenvalue weighted by molar-refractivity contribution is 7.17. The lowest BCUT2D eigenvalue weighted by Crippen LogP contribution is -2.24. The molecule has 0 atom stereocenters.